The molecule has 0 radical (unpaired) electrons. The maximum Gasteiger partial charge on any atom is 0.228 e. The normalized spacial score (nSPS) is 15.5. The SMILES string of the molecule is Cc1c[n+]([O-])c(-c2ccccc2)c(C)c1NC(=O)CC1CCCCCC1. The zero-order valence-electron chi connectivity index (χ0n) is 15.8. The first-order valence-electron chi connectivity index (χ1n) is 9.65. The van der Waals surface area contributed by atoms with Crippen molar-refractivity contribution in [2.24, 2.45) is 5.92 Å². The summed E-state index contributed by atoms with van der Waals surface area (Å²) in [7, 11) is 0. The van der Waals surface area contributed by atoms with Gasteiger partial charge in [-0.1, -0.05) is 43.9 Å². The summed E-state index contributed by atoms with van der Waals surface area (Å²) in [4.78, 5) is 12.6. The van der Waals surface area contributed by atoms with Gasteiger partial charge in [0.15, 0.2) is 6.20 Å². The molecule has 0 saturated heterocycles. The van der Waals surface area contributed by atoms with Crippen LogP contribution >= 0.6 is 0 Å². The Morgan fingerprint density at radius 1 is 1.12 bits per heavy atom. The number of aryl methyl sites for hydroxylation is 1. The van der Waals surface area contributed by atoms with E-state index < -0.39 is 0 Å². The molecule has 3 rings (SSSR count). The molecular weight excluding hydrogens is 324 g/mol. The number of hydrogen-bond donors (Lipinski definition) is 1. The average molecular weight is 352 g/mol. The number of amides is 1. The summed E-state index contributed by atoms with van der Waals surface area (Å²) in [6.45, 7) is 3.78. The number of carbonyl (C=O) groups is 1. The highest BCUT2D eigenvalue weighted by atomic mass is 16.5. The molecule has 0 aliphatic heterocycles. The third-order valence-electron chi connectivity index (χ3n) is 5.42. The molecule has 1 aliphatic rings. The topological polar surface area (TPSA) is 56.0 Å². The molecule has 0 bridgehead atoms. The van der Waals surface area contributed by atoms with Gasteiger partial charge in [0.1, 0.15) is 0 Å². The minimum Gasteiger partial charge on any atom is -0.618 e. The second-order valence-electron chi connectivity index (χ2n) is 7.46. The van der Waals surface area contributed by atoms with E-state index in [0.29, 0.717) is 18.0 Å². The van der Waals surface area contributed by atoms with E-state index >= 15 is 0 Å². The Kier molecular flexibility index (Phi) is 5.92. The Morgan fingerprint density at radius 2 is 1.77 bits per heavy atom. The lowest BCUT2D eigenvalue weighted by Crippen LogP contribution is -2.31. The lowest BCUT2D eigenvalue weighted by molar-refractivity contribution is -0.594. The molecule has 1 N–H and O–H groups in total. The fourth-order valence-electron chi connectivity index (χ4n) is 4.04. The van der Waals surface area contributed by atoms with E-state index in [2.05, 4.69) is 5.32 Å². The molecule has 2 aromatic rings. The van der Waals surface area contributed by atoms with Crippen LogP contribution in [0.25, 0.3) is 11.3 Å². The van der Waals surface area contributed by atoms with Crippen LogP contribution in [0.2, 0.25) is 0 Å². The molecule has 4 nitrogen and oxygen atoms in total. The second-order valence-corrected chi connectivity index (χ2v) is 7.46. The molecular formula is C22H28N2O2. The Hall–Kier alpha value is -2.36. The maximum absolute atomic E-state index is 12.6. The summed E-state index contributed by atoms with van der Waals surface area (Å²) >= 11 is 0. The molecule has 1 amide bonds. The van der Waals surface area contributed by atoms with Crippen molar-refractivity contribution in [2.45, 2.75) is 58.8 Å². The van der Waals surface area contributed by atoms with Gasteiger partial charge in [-0.15, -0.1) is 0 Å². The standard InChI is InChI=1S/C22H28N2O2/c1-16-15-24(26)22(19-12-8-5-9-13-19)17(2)21(16)23-20(25)14-18-10-6-3-4-7-11-18/h5,8-9,12-13,15,18H,3-4,6-7,10-11,14H2,1-2H3,(H,23,25). The van der Waals surface area contributed by atoms with Crippen LogP contribution in [0.3, 0.4) is 0 Å². The maximum atomic E-state index is 12.6. The summed E-state index contributed by atoms with van der Waals surface area (Å²) in [6, 6.07) is 9.60. The highest BCUT2D eigenvalue weighted by Crippen LogP contribution is 2.29. The summed E-state index contributed by atoms with van der Waals surface area (Å²) in [5.74, 6) is 0.547. The van der Waals surface area contributed by atoms with E-state index in [4.69, 9.17) is 0 Å². The highest BCUT2D eigenvalue weighted by Gasteiger charge is 2.22. The number of pyridine rings is 1. The van der Waals surface area contributed by atoms with Crippen molar-refractivity contribution in [1.29, 1.82) is 0 Å². The van der Waals surface area contributed by atoms with Crippen molar-refractivity contribution in [3.8, 4) is 11.3 Å². The Bertz CT molecular complexity index is 763. The Labute approximate surface area is 155 Å². The number of rotatable bonds is 4. The summed E-state index contributed by atoms with van der Waals surface area (Å²) in [5, 5.41) is 15.6. The monoisotopic (exact) mass is 352 g/mol. The predicted molar refractivity (Wildman–Crippen MR) is 105 cm³/mol. The number of aromatic nitrogens is 1. The number of hydrogen-bond acceptors (Lipinski definition) is 2. The molecule has 0 unspecified atom stereocenters. The fraction of sp³-hybridized carbons (Fsp3) is 0.455. The van der Waals surface area contributed by atoms with Crippen LogP contribution in [0.1, 0.15) is 56.1 Å². The molecule has 0 spiro atoms. The van der Waals surface area contributed by atoms with Gasteiger partial charge in [0.05, 0.1) is 5.69 Å². The molecule has 26 heavy (non-hydrogen) atoms. The minimum absolute atomic E-state index is 0.0609. The van der Waals surface area contributed by atoms with E-state index in [9.17, 15) is 10.0 Å². The van der Waals surface area contributed by atoms with E-state index in [1.54, 1.807) is 6.20 Å². The molecule has 1 fully saturated rings. The van der Waals surface area contributed by atoms with Crippen LogP contribution in [-0.4, -0.2) is 5.91 Å². The lowest BCUT2D eigenvalue weighted by Gasteiger charge is -2.17. The number of nitrogens with zero attached hydrogens (tertiary/aromatic N) is 1. The van der Waals surface area contributed by atoms with Crippen molar-refractivity contribution in [3.05, 3.63) is 52.9 Å². The zero-order valence-corrected chi connectivity index (χ0v) is 15.8. The molecule has 1 heterocycles. The number of carbonyl (C=O) groups excluding carboxylic acids is 1. The average Bonchev–Trinajstić information content (AvgIpc) is 2.88. The first-order chi connectivity index (χ1) is 12.6. The van der Waals surface area contributed by atoms with Crippen molar-refractivity contribution >= 4 is 11.6 Å². The van der Waals surface area contributed by atoms with Crippen molar-refractivity contribution < 1.29 is 9.52 Å². The van der Waals surface area contributed by atoms with Gasteiger partial charge < -0.3 is 10.5 Å². The minimum atomic E-state index is 0.0609. The van der Waals surface area contributed by atoms with Gasteiger partial charge in [0.25, 0.3) is 0 Å². The van der Waals surface area contributed by atoms with Crippen molar-refractivity contribution in [2.75, 3.05) is 5.32 Å². The molecule has 1 aliphatic carbocycles. The van der Waals surface area contributed by atoms with Crippen LogP contribution in [0.4, 0.5) is 5.69 Å². The summed E-state index contributed by atoms with van der Waals surface area (Å²) < 4.78 is 0.904. The quantitative estimate of drug-likeness (QED) is 0.483. The Morgan fingerprint density at radius 3 is 2.42 bits per heavy atom. The summed E-state index contributed by atoms with van der Waals surface area (Å²) in [5.41, 5.74) is 3.85. The number of anilines is 1. The fourth-order valence-corrected chi connectivity index (χ4v) is 4.04. The van der Waals surface area contributed by atoms with Crippen molar-refractivity contribution in [1.82, 2.24) is 0 Å². The Balaban J connectivity index is 1.82. The predicted octanol–water partition coefficient (Wildman–Crippen LogP) is 4.90. The van der Waals surface area contributed by atoms with Gasteiger partial charge in [0, 0.05) is 23.1 Å². The third kappa shape index (κ3) is 4.24. The van der Waals surface area contributed by atoms with Crippen LogP contribution in [-0.2, 0) is 4.79 Å². The van der Waals surface area contributed by atoms with Crippen LogP contribution in [0.15, 0.2) is 36.5 Å². The van der Waals surface area contributed by atoms with Crippen LogP contribution < -0.4 is 10.0 Å². The van der Waals surface area contributed by atoms with Gasteiger partial charge in [-0.05, 0) is 44.7 Å². The van der Waals surface area contributed by atoms with Crippen LogP contribution in [0.5, 0.6) is 0 Å². The van der Waals surface area contributed by atoms with E-state index in [0.717, 1.165) is 39.9 Å². The first-order valence-corrected chi connectivity index (χ1v) is 9.65. The van der Waals surface area contributed by atoms with Gasteiger partial charge in [0.2, 0.25) is 11.6 Å². The highest BCUT2D eigenvalue weighted by molar-refractivity contribution is 5.93. The van der Waals surface area contributed by atoms with E-state index in [-0.39, 0.29) is 5.91 Å². The van der Waals surface area contributed by atoms with Crippen molar-refractivity contribution in [3.63, 3.8) is 0 Å². The molecule has 4 heteroatoms. The zero-order chi connectivity index (χ0) is 18.5. The number of nitrogens with one attached hydrogen (secondary N) is 1. The molecule has 0 atom stereocenters. The van der Waals surface area contributed by atoms with Gasteiger partial charge in [-0.3, -0.25) is 4.79 Å². The molecule has 1 aromatic carbocycles. The molecule has 138 valence electrons. The second kappa shape index (κ2) is 8.35. The largest absolute Gasteiger partial charge is 0.618 e. The molecule has 1 aromatic heterocycles. The van der Waals surface area contributed by atoms with E-state index in [1.807, 2.05) is 44.2 Å². The van der Waals surface area contributed by atoms with E-state index in [1.165, 1.54) is 25.7 Å². The summed E-state index contributed by atoms with van der Waals surface area (Å²) in [6.07, 6.45) is 9.47. The van der Waals surface area contributed by atoms with Crippen LogP contribution in [0, 0.1) is 25.0 Å². The molecule has 1 saturated carbocycles. The van der Waals surface area contributed by atoms with Gasteiger partial charge >= 0.3 is 0 Å². The smallest absolute Gasteiger partial charge is 0.228 e. The third-order valence-corrected chi connectivity index (χ3v) is 5.42. The lowest BCUT2D eigenvalue weighted by atomic mass is 9.96. The van der Waals surface area contributed by atoms with Gasteiger partial charge in [-0.25, -0.2) is 0 Å². The number of benzene rings is 1. The first kappa shape index (κ1) is 18.4. The van der Waals surface area contributed by atoms with Gasteiger partial charge in [-0.2, -0.15) is 4.73 Å².